The van der Waals surface area contributed by atoms with Crippen molar-refractivity contribution in [2.45, 2.75) is 31.1 Å². The van der Waals surface area contributed by atoms with Gasteiger partial charge in [-0.1, -0.05) is 13.3 Å². The van der Waals surface area contributed by atoms with E-state index in [2.05, 4.69) is 22.9 Å². The molecule has 1 aromatic rings. The fraction of sp³-hybridized carbons (Fsp3) is 0.533. The van der Waals surface area contributed by atoms with Crippen molar-refractivity contribution in [3.05, 3.63) is 16.1 Å². The van der Waals surface area contributed by atoms with Crippen LogP contribution in [0.2, 0.25) is 0 Å². The highest BCUT2D eigenvalue weighted by Crippen LogP contribution is 2.45. The molecule has 7 heteroatoms. The number of methoxy groups -OCH3 is 2. The minimum absolute atomic E-state index is 0.211. The van der Waals surface area contributed by atoms with Crippen molar-refractivity contribution in [3.8, 4) is 11.5 Å². The maximum absolute atomic E-state index is 10.7. The highest BCUT2D eigenvalue weighted by molar-refractivity contribution is 9.10. The lowest BCUT2D eigenvalue weighted by Crippen LogP contribution is -2.15. The molecule has 0 saturated heterocycles. The number of thioether (sulfide) groups is 1. The van der Waals surface area contributed by atoms with Crippen molar-refractivity contribution < 1.29 is 19.0 Å². The summed E-state index contributed by atoms with van der Waals surface area (Å²) >= 11 is 5.28. The van der Waals surface area contributed by atoms with Crippen LogP contribution in [-0.2, 0) is 11.2 Å². The molecule has 0 saturated carbocycles. The lowest BCUT2D eigenvalue weighted by Gasteiger charge is -2.17. The van der Waals surface area contributed by atoms with E-state index in [0.717, 1.165) is 45.0 Å². The molecule has 0 aliphatic rings. The summed E-state index contributed by atoms with van der Waals surface area (Å²) in [6.45, 7) is 2.37. The fourth-order valence-electron chi connectivity index (χ4n) is 1.88. The van der Waals surface area contributed by atoms with Gasteiger partial charge in [-0.15, -0.1) is 11.8 Å². The summed E-state index contributed by atoms with van der Waals surface area (Å²) in [5.41, 5.74) is 5.91. The molecule has 0 unspecified atom stereocenters. The molecule has 0 spiro atoms. The van der Waals surface area contributed by atoms with E-state index in [1.165, 1.54) is 0 Å². The Morgan fingerprint density at radius 1 is 1.36 bits per heavy atom. The van der Waals surface area contributed by atoms with Crippen molar-refractivity contribution in [3.63, 3.8) is 0 Å². The van der Waals surface area contributed by atoms with Crippen LogP contribution in [-0.4, -0.2) is 32.7 Å². The van der Waals surface area contributed by atoms with Gasteiger partial charge in [-0.05, 0) is 39.7 Å². The number of amides is 1. The second-order valence-electron chi connectivity index (χ2n) is 4.53. The minimum Gasteiger partial charge on any atom is -0.495 e. The minimum atomic E-state index is -0.776. The first-order valence-corrected chi connectivity index (χ1v) is 8.81. The molecule has 0 aliphatic carbocycles. The van der Waals surface area contributed by atoms with Crippen molar-refractivity contribution in [1.29, 1.82) is 0 Å². The van der Waals surface area contributed by atoms with Crippen molar-refractivity contribution in [1.82, 2.24) is 0 Å². The smallest absolute Gasteiger partial charge is 0.404 e. The van der Waals surface area contributed by atoms with Gasteiger partial charge in [0.1, 0.15) is 5.75 Å². The Labute approximate surface area is 144 Å². The highest BCUT2D eigenvalue weighted by Gasteiger charge is 2.18. The lowest BCUT2D eigenvalue weighted by atomic mass is 10.1. The van der Waals surface area contributed by atoms with E-state index >= 15 is 0 Å². The third-order valence-corrected chi connectivity index (χ3v) is 5.04. The molecule has 0 heterocycles. The van der Waals surface area contributed by atoms with Gasteiger partial charge in [0.2, 0.25) is 0 Å². The molecule has 1 amide bonds. The molecular formula is C15H22BrNO4S. The highest BCUT2D eigenvalue weighted by atomic mass is 79.9. The van der Waals surface area contributed by atoms with E-state index in [1.54, 1.807) is 26.0 Å². The van der Waals surface area contributed by atoms with E-state index in [9.17, 15) is 4.79 Å². The third kappa shape index (κ3) is 5.28. The lowest BCUT2D eigenvalue weighted by molar-refractivity contribution is 0.158. The van der Waals surface area contributed by atoms with E-state index in [0.29, 0.717) is 6.42 Å². The second kappa shape index (κ2) is 9.84. The zero-order valence-electron chi connectivity index (χ0n) is 13.1. The number of hydrogen-bond acceptors (Lipinski definition) is 5. The molecule has 0 aromatic heterocycles. The number of nitrogens with two attached hydrogens (primary N) is 1. The van der Waals surface area contributed by atoms with Gasteiger partial charge in [-0.3, -0.25) is 0 Å². The van der Waals surface area contributed by atoms with Crippen LogP contribution < -0.4 is 15.2 Å². The summed E-state index contributed by atoms with van der Waals surface area (Å²) in [4.78, 5) is 11.6. The van der Waals surface area contributed by atoms with Crippen LogP contribution in [0.3, 0.4) is 0 Å². The quantitative estimate of drug-likeness (QED) is 0.508. The predicted molar refractivity (Wildman–Crippen MR) is 92.1 cm³/mol. The molecule has 0 bridgehead atoms. The average molecular weight is 392 g/mol. The van der Waals surface area contributed by atoms with Crippen LogP contribution in [0.5, 0.6) is 11.5 Å². The van der Waals surface area contributed by atoms with E-state index in [-0.39, 0.29) is 6.61 Å². The van der Waals surface area contributed by atoms with Gasteiger partial charge in [0, 0.05) is 6.42 Å². The molecule has 124 valence electrons. The number of benzene rings is 1. The molecule has 5 nitrogen and oxygen atoms in total. The number of carbonyl (C=O) groups is 1. The summed E-state index contributed by atoms with van der Waals surface area (Å²) in [6.07, 6.45) is 2.02. The van der Waals surface area contributed by atoms with Crippen LogP contribution in [0.15, 0.2) is 15.4 Å². The number of ether oxygens (including phenoxy) is 3. The third-order valence-electron chi connectivity index (χ3n) is 3.00. The summed E-state index contributed by atoms with van der Waals surface area (Å²) in [7, 11) is 3.27. The zero-order chi connectivity index (χ0) is 16.5. The molecule has 0 radical (unpaired) electrons. The predicted octanol–water partition coefficient (Wildman–Crippen LogP) is 4.00. The topological polar surface area (TPSA) is 70.8 Å². The first-order valence-electron chi connectivity index (χ1n) is 7.03. The van der Waals surface area contributed by atoms with E-state index in [4.69, 9.17) is 19.9 Å². The van der Waals surface area contributed by atoms with Crippen molar-refractivity contribution in [2.24, 2.45) is 5.73 Å². The zero-order valence-corrected chi connectivity index (χ0v) is 15.5. The van der Waals surface area contributed by atoms with Crippen molar-refractivity contribution in [2.75, 3.05) is 26.6 Å². The monoisotopic (exact) mass is 391 g/mol. The van der Waals surface area contributed by atoms with Crippen LogP contribution in [0.4, 0.5) is 4.79 Å². The van der Waals surface area contributed by atoms with Crippen LogP contribution in [0, 0.1) is 0 Å². The van der Waals surface area contributed by atoms with Gasteiger partial charge in [-0.25, -0.2) is 4.79 Å². The number of primary amides is 1. The first-order chi connectivity index (χ1) is 10.5. The number of rotatable bonds is 9. The molecule has 2 N–H and O–H groups in total. The van der Waals surface area contributed by atoms with Gasteiger partial charge < -0.3 is 19.9 Å². The SMILES string of the molecule is CCCCSc1c(OC)cc(CCOC(N)=O)c(Br)c1OC. The number of unbranched alkanes of at least 4 members (excludes halogenated alkanes) is 1. The summed E-state index contributed by atoms with van der Waals surface area (Å²) in [5.74, 6) is 2.50. The van der Waals surface area contributed by atoms with Gasteiger partial charge in [0.15, 0.2) is 5.75 Å². The largest absolute Gasteiger partial charge is 0.495 e. The van der Waals surface area contributed by atoms with Gasteiger partial charge in [0.25, 0.3) is 0 Å². The molecule has 1 rings (SSSR count). The molecular weight excluding hydrogens is 370 g/mol. The second-order valence-corrected chi connectivity index (χ2v) is 6.43. The van der Waals surface area contributed by atoms with Gasteiger partial charge in [0.05, 0.1) is 30.2 Å². The Morgan fingerprint density at radius 2 is 2.09 bits per heavy atom. The number of hydrogen-bond donors (Lipinski definition) is 1. The molecule has 22 heavy (non-hydrogen) atoms. The Balaban J connectivity index is 3.03. The normalized spacial score (nSPS) is 10.4. The Kier molecular flexibility index (Phi) is 8.48. The Bertz CT molecular complexity index is 511. The molecule has 0 aliphatic heterocycles. The van der Waals surface area contributed by atoms with Crippen LogP contribution in [0.25, 0.3) is 0 Å². The van der Waals surface area contributed by atoms with Gasteiger partial charge in [-0.2, -0.15) is 0 Å². The summed E-state index contributed by atoms with van der Waals surface area (Å²) in [5, 5.41) is 0. The maximum atomic E-state index is 10.7. The summed E-state index contributed by atoms with van der Waals surface area (Å²) < 4.78 is 16.7. The molecule has 0 fully saturated rings. The van der Waals surface area contributed by atoms with Crippen molar-refractivity contribution >= 4 is 33.8 Å². The Morgan fingerprint density at radius 3 is 2.64 bits per heavy atom. The number of carbonyl (C=O) groups excluding carboxylic acids is 1. The number of halogens is 1. The van der Waals surface area contributed by atoms with Crippen LogP contribution in [0.1, 0.15) is 25.3 Å². The van der Waals surface area contributed by atoms with Crippen LogP contribution >= 0.6 is 27.7 Å². The first kappa shape index (κ1) is 19.0. The molecule has 0 atom stereocenters. The fourth-order valence-corrected chi connectivity index (χ4v) is 3.92. The Hall–Kier alpha value is -1.08. The van der Waals surface area contributed by atoms with Gasteiger partial charge >= 0.3 is 6.09 Å². The van der Waals surface area contributed by atoms with E-state index < -0.39 is 6.09 Å². The standard InChI is InChI=1S/C15H22BrNO4S/c1-4-5-8-22-14-11(19-2)9-10(6-7-21-15(17)18)12(16)13(14)20-3/h9H,4-8H2,1-3H3,(H2,17,18). The molecule has 1 aromatic carbocycles. The summed E-state index contributed by atoms with van der Waals surface area (Å²) in [6, 6.07) is 1.94. The average Bonchev–Trinajstić information content (AvgIpc) is 2.49. The van der Waals surface area contributed by atoms with E-state index in [1.807, 2.05) is 6.07 Å². The maximum Gasteiger partial charge on any atom is 0.404 e.